The minimum absolute atomic E-state index is 0.180. The van der Waals surface area contributed by atoms with Crippen LogP contribution in [0.4, 0.5) is 17.1 Å². The van der Waals surface area contributed by atoms with E-state index in [1.54, 1.807) is 30.3 Å². The standard InChI is InChI=1S/C39H31NO2/c1-3-39(4-2)35-24-26(23-34-37(41)32-17-11-12-18-33(32)38(34)42)19-21-30(35)31-22-20-29(25-36(31)39)40(27-13-7-5-8-14-27)28-15-9-6-10-16-28/h5-25H,3-4H2,1-2H3. The van der Waals surface area contributed by atoms with E-state index in [2.05, 4.69) is 97.6 Å². The van der Waals surface area contributed by atoms with E-state index in [0.717, 1.165) is 35.5 Å². The van der Waals surface area contributed by atoms with Crippen LogP contribution in [0.5, 0.6) is 0 Å². The predicted octanol–water partition coefficient (Wildman–Crippen LogP) is 9.71. The van der Waals surface area contributed by atoms with Crippen molar-refractivity contribution in [1.29, 1.82) is 0 Å². The minimum atomic E-state index is -0.191. The fraction of sp³-hybridized carbons (Fsp3) is 0.128. The first-order valence-corrected chi connectivity index (χ1v) is 14.7. The van der Waals surface area contributed by atoms with Crippen molar-refractivity contribution < 1.29 is 9.59 Å². The Hall–Kier alpha value is -5.02. The summed E-state index contributed by atoms with van der Waals surface area (Å²) in [5.74, 6) is -0.383. The van der Waals surface area contributed by atoms with Crippen molar-refractivity contribution in [2.45, 2.75) is 32.1 Å². The van der Waals surface area contributed by atoms with Crippen molar-refractivity contribution in [2.24, 2.45) is 0 Å². The molecule has 0 aromatic heterocycles. The van der Waals surface area contributed by atoms with E-state index in [9.17, 15) is 9.59 Å². The molecule has 0 fully saturated rings. The molecule has 0 saturated heterocycles. The smallest absolute Gasteiger partial charge is 0.197 e. The molecule has 204 valence electrons. The fourth-order valence-corrected chi connectivity index (χ4v) is 6.91. The van der Waals surface area contributed by atoms with Gasteiger partial charge in [0.2, 0.25) is 0 Å². The van der Waals surface area contributed by atoms with Crippen molar-refractivity contribution in [1.82, 2.24) is 0 Å². The van der Waals surface area contributed by atoms with E-state index < -0.39 is 0 Å². The van der Waals surface area contributed by atoms with Gasteiger partial charge in [0.05, 0.1) is 5.57 Å². The van der Waals surface area contributed by atoms with Crippen LogP contribution >= 0.6 is 0 Å². The molecule has 0 unspecified atom stereocenters. The molecule has 0 radical (unpaired) electrons. The van der Waals surface area contributed by atoms with Crippen LogP contribution in [0.2, 0.25) is 0 Å². The predicted molar refractivity (Wildman–Crippen MR) is 171 cm³/mol. The van der Waals surface area contributed by atoms with Crippen molar-refractivity contribution >= 4 is 34.7 Å². The number of carbonyl (C=O) groups is 2. The summed E-state index contributed by atoms with van der Waals surface area (Å²) in [6.45, 7) is 4.51. The summed E-state index contributed by atoms with van der Waals surface area (Å²) < 4.78 is 0. The number of anilines is 3. The summed E-state index contributed by atoms with van der Waals surface area (Å²) in [6.07, 6.45) is 3.65. The molecule has 0 spiro atoms. The van der Waals surface area contributed by atoms with Gasteiger partial charge in [-0.15, -0.1) is 0 Å². The average Bonchev–Trinajstić information content (AvgIpc) is 3.45. The number of Topliss-reactive ketones (excluding diaryl/α,β-unsaturated/α-hetero) is 2. The quantitative estimate of drug-likeness (QED) is 0.157. The van der Waals surface area contributed by atoms with Crippen LogP contribution in [0.1, 0.15) is 64.1 Å². The molecule has 2 aliphatic rings. The van der Waals surface area contributed by atoms with E-state index in [1.165, 1.54) is 22.3 Å². The molecule has 5 aromatic rings. The van der Waals surface area contributed by atoms with E-state index in [1.807, 2.05) is 18.2 Å². The monoisotopic (exact) mass is 545 g/mol. The van der Waals surface area contributed by atoms with E-state index in [0.29, 0.717) is 11.1 Å². The highest BCUT2D eigenvalue weighted by atomic mass is 16.2. The topological polar surface area (TPSA) is 37.4 Å². The van der Waals surface area contributed by atoms with E-state index in [-0.39, 0.29) is 22.6 Å². The van der Waals surface area contributed by atoms with Gasteiger partial charge in [-0.1, -0.05) is 98.8 Å². The maximum Gasteiger partial charge on any atom is 0.197 e. The molecule has 0 bridgehead atoms. The maximum atomic E-state index is 13.1. The summed E-state index contributed by atoms with van der Waals surface area (Å²) in [5.41, 5.74) is 10.3. The number of nitrogens with zero attached hydrogens (tertiary/aromatic N) is 1. The van der Waals surface area contributed by atoms with Gasteiger partial charge in [0.25, 0.3) is 0 Å². The summed E-state index contributed by atoms with van der Waals surface area (Å²) in [6, 6.07) is 41.3. The second kappa shape index (κ2) is 10.1. The zero-order valence-corrected chi connectivity index (χ0v) is 23.8. The van der Waals surface area contributed by atoms with Crippen LogP contribution in [0.3, 0.4) is 0 Å². The Bertz CT molecular complexity index is 1800. The van der Waals surface area contributed by atoms with Crippen LogP contribution in [0.25, 0.3) is 17.2 Å². The molecule has 0 heterocycles. The number of hydrogen-bond donors (Lipinski definition) is 0. The van der Waals surface area contributed by atoms with Gasteiger partial charge in [0, 0.05) is 33.6 Å². The third-order valence-corrected chi connectivity index (χ3v) is 9.08. The molecule has 5 aromatic carbocycles. The lowest BCUT2D eigenvalue weighted by Crippen LogP contribution is -2.23. The number of carbonyl (C=O) groups excluding carboxylic acids is 2. The number of rotatable bonds is 6. The molecule has 0 saturated carbocycles. The van der Waals surface area contributed by atoms with E-state index >= 15 is 0 Å². The summed E-state index contributed by atoms with van der Waals surface area (Å²) >= 11 is 0. The Labute approximate surface area is 246 Å². The van der Waals surface area contributed by atoms with E-state index in [4.69, 9.17) is 0 Å². The van der Waals surface area contributed by atoms with Crippen LogP contribution in [-0.4, -0.2) is 11.6 Å². The molecule has 0 aliphatic heterocycles. The second-order valence-electron chi connectivity index (χ2n) is 11.1. The van der Waals surface area contributed by atoms with Gasteiger partial charge in [0.15, 0.2) is 11.6 Å². The molecule has 3 nitrogen and oxygen atoms in total. The van der Waals surface area contributed by atoms with Gasteiger partial charge < -0.3 is 4.90 Å². The van der Waals surface area contributed by atoms with Crippen LogP contribution in [-0.2, 0) is 5.41 Å². The third kappa shape index (κ3) is 3.88. The zero-order chi connectivity index (χ0) is 28.8. The lowest BCUT2D eigenvalue weighted by atomic mass is 9.73. The molecule has 3 heteroatoms. The second-order valence-corrected chi connectivity index (χ2v) is 11.1. The lowest BCUT2D eigenvalue weighted by Gasteiger charge is -2.32. The third-order valence-electron chi connectivity index (χ3n) is 9.08. The molecule has 0 atom stereocenters. The average molecular weight is 546 g/mol. The normalized spacial score (nSPS) is 14.4. The van der Waals surface area contributed by atoms with Crippen molar-refractivity contribution in [2.75, 3.05) is 4.90 Å². The summed E-state index contributed by atoms with van der Waals surface area (Å²) in [7, 11) is 0. The maximum absolute atomic E-state index is 13.1. The van der Waals surface area contributed by atoms with Crippen molar-refractivity contribution in [3.63, 3.8) is 0 Å². The summed E-state index contributed by atoms with van der Waals surface area (Å²) in [5, 5.41) is 0. The first kappa shape index (κ1) is 25.9. The SMILES string of the molecule is CCC1(CC)c2cc(C=C3C(=O)c4ccccc4C3=O)ccc2-c2ccc(N(c3ccccc3)c3ccccc3)cc21. The first-order chi connectivity index (χ1) is 20.6. The molecular weight excluding hydrogens is 514 g/mol. The Morgan fingerprint density at radius 3 is 1.60 bits per heavy atom. The number of allylic oxidation sites excluding steroid dienone is 1. The first-order valence-electron chi connectivity index (χ1n) is 14.7. The number of hydrogen-bond acceptors (Lipinski definition) is 3. The Kier molecular flexibility index (Phi) is 6.24. The lowest BCUT2D eigenvalue weighted by molar-refractivity contribution is 0.0990. The molecule has 42 heavy (non-hydrogen) atoms. The van der Waals surface area contributed by atoms with Crippen LogP contribution < -0.4 is 4.90 Å². The van der Waals surface area contributed by atoms with Crippen LogP contribution in [0, 0.1) is 0 Å². The molecule has 7 rings (SSSR count). The molecule has 0 N–H and O–H groups in total. The number of fused-ring (bicyclic) bond motifs is 4. The highest BCUT2D eigenvalue weighted by Gasteiger charge is 2.41. The van der Waals surface area contributed by atoms with Gasteiger partial charge in [-0.05, 0) is 83.1 Å². The van der Waals surface area contributed by atoms with Gasteiger partial charge >= 0.3 is 0 Å². The van der Waals surface area contributed by atoms with Gasteiger partial charge in [-0.2, -0.15) is 0 Å². The minimum Gasteiger partial charge on any atom is -0.310 e. The summed E-state index contributed by atoms with van der Waals surface area (Å²) in [4.78, 5) is 28.5. The molecular formula is C39H31NO2. The molecule has 2 aliphatic carbocycles. The van der Waals surface area contributed by atoms with Crippen LogP contribution in [0.15, 0.2) is 127 Å². The molecule has 0 amide bonds. The Morgan fingerprint density at radius 1 is 0.548 bits per heavy atom. The number of benzene rings is 5. The largest absolute Gasteiger partial charge is 0.310 e. The fourth-order valence-electron chi connectivity index (χ4n) is 6.91. The highest BCUT2D eigenvalue weighted by Crippen LogP contribution is 2.54. The van der Waals surface area contributed by atoms with Crippen molar-refractivity contribution in [3.05, 3.63) is 155 Å². The number of para-hydroxylation sites is 2. The Balaban J connectivity index is 1.34. The zero-order valence-electron chi connectivity index (χ0n) is 23.8. The highest BCUT2D eigenvalue weighted by molar-refractivity contribution is 6.41. The van der Waals surface area contributed by atoms with Crippen molar-refractivity contribution in [3.8, 4) is 11.1 Å². The number of ketones is 2. The Morgan fingerprint density at radius 2 is 1.05 bits per heavy atom. The van der Waals surface area contributed by atoms with Gasteiger partial charge in [0.1, 0.15) is 0 Å². The van der Waals surface area contributed by atoms with Gasteiger partial charge in [-0.3, -0.25) is 9.59 Å². The van der Waals surface area contributed by atoms with Gasteiger partial charge in [-0.25, -0.2) is 0 Å².